The minimum absolute atomic E-state index is 0.112. The number of ether oxygens (including phenoxy) is 4. The Hall–Kier alpha value is -5.55. The van der Waals surface area contributed by atoms with E-state index in [0.29, 0.717) is 60.5 Å². The molecule has 8 N–H and O–H groups in total. The summed E-state index contributed by atoms with van der Waals surface area (Å²) in [6.07, 6.45) is 11.7. The number of rotatable bonds is 20. The average Bonchev–Trinajstić information content (AvgIpc) is 1.10. The number of hydrogen-bond donors (Lipinski definition) is 6. The van der Waals surface area contributed by atoms with E-state index in [9.17, 15) is 20.1 Å². The second-order valence-electron chi connectivity index (χ2n) is 28.3. The molecular formula is C76H114N6O8. The molecule has 11 atom stereocenters. The van der Waals surface area contributed by atoms with Gasteiger partial charge in [0.25, 0.3) is 0 Å². The Bertz CT molecular complexity index is 2890. The average molecular weight is 1240 g/mol. The summed E-state index contributed by atoms with van der Waals surface area (Å²) in [4.78, 5) is 19.0. The number of amides is 1. The third-order valence-corrected chi connectivity index (χ3v) is 19.9. The standard InChI is InChI=1S/C19H23NO3.C16H25NO3.C15H22N2O.C14H23NO.C12H21N/c1-2-22-17-10-6-7-11-18(17)23-19(15-8-4-3-5-9-15)16-14-21-13-12-20-16;1-17(2)11-13-7-8-14(18)10-16(13,19)12-5-4-6-15(9-12)20-3;1-3-17(4-2)14(18)15(10-13(15)11-16)12-8-6-5-7-9-12;1-5-14(11(2)10-15(3)4)12-7-6-8-13(16)9-12;1-10-3-9-4-11(2,6-10)8-12(13,5-9)7-10/h3-11,16,19-20H,2,12-14H2,1H3;4-6,9,13-14,18-19H,7-8,10-11H2,1-3H3;5-9,13H,3-4,10-11,16H2,1-2H3;6-9,11,14,16H,5,10H2,1-4H3;9H,3-8,13H2,1-2H3/t;13-,14-,16+;13-,15?;11-,14+;/m.100./s1. The lowest BCUT2D eigenvalue weighted by Gasteiger charge is -2.64. The molecule has 90 heavy (non-hydrogen) atoms. The molecule has 0 spiro atoms. The SMILES string of the molecule is CC12CC3CC(C)(C1)CC(N)(C3)C2.CCN(CC)C(=O)C1(c2ccccc2)C[C@H]1CN.CCOc1ccccc1OC(c1ccccc1)C1COCCN1.CC[C@@H](c1cccc(O)c1)[C@@H](C)CN(C)C.COc1cccc([C@@]2(O)C[C@H](O)CC[C@@H]2CN(C)C)c1. The van der Waals surface area contributed by atoms with Crippen molar-refractivity contribution in [3.05, 3.63) is 156 Å². The maximum Gasteiger partial charge on any atom is 0.233 e. The third-order valence-electron chi connectivity index (χ3n) is 19.9. The number of likely N-dealkylation sites (N-methyl/N-ethyl adjacent to an activating group) is 1. The van der Waals surface area contributed by atoms with Gasteiger partial charge in [0.15, 0.2) is 11.5 Å². The Balaban J connectivity index is 0.000000162. The molecular weight excluding hydrogens is 1120 g/mol. The minimum atomic E-state index is -0.990. The highest BCUT2D eigenvalue weighted by molar-refractivity contribution is 5.92. The number of carbonyl (C=O) groups excluding carboxylic acids is 1. The monoisotopic (exact) mass is 1240 g/mol. The van der Waals surface area contributed by atoms with Gasteiger partial charge in [-0.05, 0) is 213 Å². The van der Waals surface area contributed by atoms with Gasteiger partial charge in [0.2, 0.25) is 5.91 Å². The number of aromatic hydroxyl groups is 1. The number of nitrogens with one attached hydrogen (secondary N) is 1. The number of phenols is 1. The first-order chi connectivity index (χ1) is 43.0. The zero-order chi connectivity index (χ0) is 65.3. The largest absolute Gasteiger partial charge is 0.508 e. The first-order valence-corrected chi connectivity index (χ1v) is 33.7. The number of methoxy groups -OCH3 is 1. The highest BCUT2D eigenvalue weighted by Crippen LogP contribution is 2.65. The molecule has 14 nitrogen and oxygen atoms in total. The van der Waals surface area contributed by atoms with Gasteiger partial charge in [-0.3, -0.25) is 4.79 Å². The van der Waals surface area contributed by atoms with Gasteiger partial charge in [-0.25, -0.2) is 0 Å². The van der Waals surface area contributed by atoms with Gasteiger partial charge in [0.1, 0.15) is 17.6 Å². The van der Waals surface area contributed by atoms with Gasteiger partial charge in [-0.1, -0.05) is 125 Å². The van der Waals surface area contributed by atoms with Gasteiger partial charge in [0.05, 0.1) is 50.1 Å². The first kappa shape index (κ1) is 71.9. The molecule has 7 fully saturated rings. The van der Waals surface area contributed by atoms with Gasteiger partial charge in [-0.2, -0.15) is 0 Å². The summed E-state index contributed by atoms with van der Waals surface area (Å²) in [5, 5.41) is 34.2. The molecule has 0 radical (unpaired) electrons. The van der Waals surface area contributed by atoms with Gasteiger partial charge in [-0.15, -0.1) is 0 Å². The summed E-state index contributed by atoms with van der Waals surface area (Å²) in [6.45, 7) is 22.3. The number of aliphatic hydroxyl groups excluding tert-OH is 1. The predicted octanol–water partition coefficient (Wildman–Crippen LogP) is 12.3. The number of nitrogens with two attached hydrogens (primary N) is 2. The molecule has 12 rings (SSSR count). The molecule has 14 heteroatoms. The summed E-state index contributed by atoms with van der Waals surface area (Å²) >= 11 is 0. The van der Waals surface area contributed by atoms with Crippen molar-refractivity contribution >= 4 is 5.91 Å². The predicted molar refractivity (Wildman–Crippen MR) is 365 cm³/mol. The lowest BCUT2D eigenvalue weighted by molar-refractivity contribution is -0.134. The van der Waals surface area contributed by atoms with Crippen LogP contribution in [0.2, 0.25) is 0 Å². The second-order valence-corrected chi connectivity index (χ2v) is 28.3. The molecule has 5 unspecified atom stereocenters. The number of morpholine rings is 1. The van der Waals surface area contributed by atoms with Gasteiger partial charge >= 0.3 is 0 Å². The summed E-state index contributed by atoms with van der Waals surface area (Å²) < 4.78 is 22.9. The van der Waals surface area contributed by atoms with Crippen LogP contribution in [0, 0.1) is 34.5 Å². The summed E-state index contributed by atoms with van der Waals surface area (Å²) in [6, 6.07) is 43.5. The van der Waals surface area contributed by atoms with E-state index in [4.69, 9.17) is 30.4 Å². The molecule has 7 aliphatic rings. The molecule has 1 amide bonds. The van der Waals surface area contributed by atoms with Crippen LogP contribution in [-0.2, 0) is 20.5 Å². The van der Waals surface area contributed by atoms with Gasteiger partial charge < -0.3 is 65.8 Å². The van der Waals surface area contributed by atoms with E-state index in [1.807, 2.05) is 137 Å². The molecule has 1 saturated heterocycles. The van der Waals surface area contributed by atoms with Crippen molar-refractivity contribution in [3.63, 3.8) is 0 Å². The van der Waals surface area contributed by atoms with Crippen molar-refractivity contribution < 1.29 is 39.1 Å². The van der Waals surface area contributed by atoms with Crippen LogP contribution in [0.25, 0.3) is 0 Å². The van der Waals surface area contributed by atoms with Crippen molar-refractivity contribution in [1.29, 1.82) is 0 Å². The maximum atomic E-state index is 12.7. The summed E-state index contributed by atoms with van der Waals surface area (Å²) in [5.74, 6) is 5.37. The van der Waals surface area contributed by atoms with E-state index in [1.54, 1.807) is 13.2 Å². The van der Waals surface area contributed by atoms with E-state index in [0.717, 1.165) is 105 Å². The summed E-state index contributed by atoms with van der Waals surface area (Å²) in [7, 11) is 9.85. The molecule has 496 valence electrons. The second kappa shape index (κ2) is 32.8. The molecule has 5 aromatic rings. The maximum absolute atomic E-state index is 12.7. The van der Waals surface area contributed by atoms with E-state index < -0.39 is 11.7 Å². The quantitative estimate of drug-likeness (QED) is 0.0432. The number of nitrogens with zero attached hydrogens (tertiary/aromatic N) is 3. The van der Waals surface area contributed by atoms with Crippen molar-refractivity contribution in [2.45, 2.75) is 160 Å². The zero-order valence-corrected chi connectivity index (χ0v) is 56.8. The Morgan fingerprint density at radius 3 is 1.90 bits per heavy atom. The highest BCUT2D eigenvalue weighted by Gasteiger charge is 2.61. The van der Waals surface area contributed by atoms with Crippen molar-refractivity contribution in [3.8, 4) is 23.0 Å². The number of phenolic OH excluding ortho intramolecular Hbond substituents is 1. The van der Waals surface area contributed by atoms with Crippen LogP contribution in [-0.4, -0.2) is 148 Å². The normalized spacial score (nSPS) is 28.8. The van der Waals surface area contributed by atoms with E-state index >= 15 is 0 Å². The topological polar surface area (TPSA) is 188 Å². The van der Waals surface area contributed by atoms with Gasteiger partial charge in [0, 0.05) is 50.6 Å². The third kappa shape index (κ3) is 18.8. The van der Waals surface area contributed by atoms with Crippen LogP contribution in [0.4, 0.5) is 0 Å². The summed E-state index contributed by atoms with van der Waals surface area (Å²) in [5.41, 5.74) is 16.7. The van der Waals surface area contributed by atoms with Crippen molar-refractivity contribution in [1.82, 2.24) is 20.0 Å². The van der Waals surface area contributed by atoms with E-state index in [2.05, 4.69) is 87.2 Å². The Kier molecular flexibility index (Phi) is 26.2. The molecule has 0 aromatic heterocycles. The van der Waals surface area contributed by atoms with Crippen LogP contribution in [0.5, 0.6) is 23.0 Å². The van der Waals surface area contributed by atoms with Crippen LogP contribution in [0.1, 0.15) is 153 Å². The van der Waals surface area contributed by atoms with Crippen LogP contribution in [0.15, 0.2) is 133 Å². The zero-order valence-electron chi connectivity index (χ0n) is 56.8. The number of aliphatic hydroxyl groups is 2. The number of benzene rings is 5. The Labute approximate surface area is 541 Å². The molecule has 1 aliphatic heterocycles. The highest BCUT2D eigenvalue weighted by atomic mass is 16.5. The number of hydrogen-bond acceptors (Lipinski definition) is 13. The molecule has 6 saturated carbocycles. The molecule has 6 aliphatic carbocycles. The lowest BCUT2D eigenvalue weighted by atomic mass is 9.43. The van der Waals surface area contributed by atoms with E-state index in [-0.39, 0.29) is 34.9 Å². The lowest BCUT2D eigenvalue weighted by Crippen LogP contribution is -2.62. The smallest absolute Gasteiger partial charge is 0.233 e. The fourth-order valence-electron chi connectivity index (χ4n) is 16.8. The van der Waals surface area contributed by atoms with E-state index in [1.165, 1.54) is 44.1 Å². The van der Waals surface area contributed by atoms with Crippen LogP contribution < -0.4 is 31.0 Å². The minimum Gasteiger partial charge on any atom is -0.508 e. The van der Waals surface area contributed by atoms with Crippen molar-refractivity contribution in [2.24, 2.45) is 46.0 Å². The van der Waals surface area contributed by atoms with Crippen LogP contribution in [0.3, 0.4) is 0 Å². The molecule has 1 heterocycles. The first-order valence-electron chi connectivity index (χ1n) is 33.7. The number of carbonyl (C=O) groups is 1. The fourth-order valence-corrected chi connectivity index (χ4v) is 16.8. The molecule has 5 aromatic carbocycles. The molecule has 4 bridgehead atoms. The van der Waals surface area contributed by atoms with Crippen LogP contribution >= 0.6 is 0 Å². The Morgan fingerprint density at radius 1 is 0.733 bits per heavy atom. The fraction of sp³-hybridized carbons (Fsp3) is 0.592. The van der Waals surface area contributed by atoms with Crippen molar-refractivity contribution in [2.75, 3.05) is 94.4 Å². The number of para-hydroxylation sites is 2. The Morgan fingerprint density at radius 2 is 1.36 bits per heavy atom.